The number of nitrogens with one attached hydrogen (secondary N) is 2. The number of fused-ring (bicyclic) bond motifs is 1. The third-order valence-corrected chi connectivity index (χ3v) is 4.63. The van der Waals surface area contributed by atoms with Crippen LogP contribution in [0.25, 0.3) is 10.9 Å². The maximum absolute atomic E-state index is 12.3. The monoisotopic (exact) mass is 409 g/mol. The topological polar surface area (TPSA) is 111 Å². The first-order chi connectivity index (χ1) is 14.4. The van der Waals surface area contributed by atoms with Crippen LogP contribution >= 0.6 is 0 Å². The minimum atomic E-state index is -0.0872. The lowest BCUT2D eigenvalue weighted by molar-refractivity contribution is 0.0953. The molecule has 0 saturated heterocycles. The summed E-state index contributed by atoms with van der Waals surface area (Å²) in [6, 6.07) is 9.34. The van der Waals surface area contributed by atoms with Crippen molar-refractivity contribution < 1.29 is 14.3 Å². The highest BCUT2D eigenvalue weighted by Gasteiger charge is 2.12. The molecule has 3 aromatic rings. The molecule has 0 radical (unpaired) electrons. The van der Waals surface area contributed by atoms with Crippen molar-refractivity contribution in [2.45, 2.75) is 20.4 Å². The molecule has 1 heterocycles. The molecule has 0 bridgehead atoms. The summed E-state index contributed by atoms with van der Waals surface area (Å²) in [5, 5.41) is 6.84. The quantitative estimate of drug-likeness (QED) is 0.490. The Morgan fingerprint density at radius 2 is 1.63 bits per heavy atom. The summed E-state index contributed by atoms with van der Waals surface area (Å²) < 4.78 is 10.6. The summed E-state index contributed by atoms with van der Waals surface area (Å²) in [4.78, 5) is 21.2. The number of rotatable bonds is 8. The van der Waals surface area contributed by atoms with E-state index in [1.807, 2.05) is 32.0 Å². The number of nitrogens with two attached hydrogens (primary N) is 1. The molecule has 0 aliphatic heterocycles. The van der Waals surface area contributed by atoms with Crippen molar-refractivity contribution in [2.75, 3.05) is 33.0 Å². The Balaban J connectivity index is 1.57. The fourth-order valence-electron chi connectivity index (χ4n) is 3.28. The van der Waals surface area contributed by atoms with Gasteiger partial charge in [-0.3, -0.25) is 4.79 Å². The third-order valence-electron chi connectivity index (χ3n) is 4.63. The van der Waals surface area contributed by atoms with E-state index in [4.69, 9.17) is 15.2 Å². The van der Waals surface area contributed by atoms with Crippen LogP contribution in [0.3, 0.4) is 0 Å². The van der Waals surface area contributed by atoms with Crippen molar-refractivity contribution in [3.63, 3.8) is 0 Å². The second-order valence-electron chi connectivity index (χ2n) is 7.06. The zero-order valence-corrected chi connectivity index (χ0v) is 17.7. The molecule has 3 rings (SSSR count). The van der Waals surface area contributed by atoms with Crippen LogP contribution in [0.1, 0.15) is 27.3 Å². The molecule has 0 unspecified atom stereocenters. The van der Waals surface area contributed by atoms with E-state index in [2.05, 4.69) is 20.6 Å². The number of benzene rings is 2. The zero-order valence-electron chi connectivity index (χ0n) is 17.7. The summed E-state index contributed by atoms with van der Waals surface area (Å²) in [5.74, 6) is 2.01. The molecule has 1 amide bonds. The van der Waals surface area contributed by atoms with Crippen molar-refractivity contribution >= 4 is 22.6 Å². The highest BCUT2D eigenvalue weighted by atomic mass is 16.5. The number of nitrogen functional groups attached to an aromatic ring is 1. The Morgan fingerprint density at radius 3 is 2.30 bits per heavy atom. The Bertz CT molecular complexity index is 1050. The van der Waals surface area contributed by atoms with E-state index in [0.717, 1.165) is 11.1 Å². The van der Waals surface area contributed by atoms with Gasteiger partial charge in [-0.05, 0) is 32.0 Å². The van der Waals surface area contributed by atoms with Gasteiger partial charge in [0.25, 0.3) is 5.91 Å². The lowest BCUT2D eigenvalue weighted by Gasteiger charge is -2.11. The van der Waals surface area contributed by atoms with Gasteiger partial charge in [0, 0.05) is 30.1 Å². The van der Waals surface area contributed by atoms with Crippen molar-refractivity contribution in [1.29, 1.82) is 0 Å². The Labute approximate surface area is 175 Å². The average molecular weight is 409 g/mol. The molecule has 0 fully saturated rings. The van der Waals surface area contributed by atoms with Gasteiger partial charge in [-0.1, -0.05) is 17.2 Å². The average Bonchev–Trinajstić information content (AvgIpc) is 2.71. The molecule has 2 aromatic carbocycles. The van der Waals surface area contributed by atoms with Crippen LogP contribution in [0, 0.1) is 13.8 Å². The highest BCUT2D eigenvalue weighted by molar-refractivity contribution is 5.94. The van der Waals surface area contributed by atoms with Crippen molar-refractivity contribution in [3.05, 3.63) is 52.8 Å². The van der Waals surface area contributed by atoms with Crippen LogP contribution in [0.2, 0.25) is 0 Å². The van der Waals surface area contributed by atoms with Gasteiger partial charge in [0.15, 0.2) is 11.5 Å². The van der Waals surface area contributed by atoms with E-state index in [-0.39, 0.29) is 5.91 Å². The van der Waals surface area contributed by atoms with Crippen molar-refractivity contribution in [1.82, 2.24) is 20.6 Å². The maximum Gasteiger partial charge on any atom is 0.251 e. The first kappa shape index (κ1) is 21.3. The molecule has 0 spiro atoms. The van der Waals surface area contributed by atoms with Gasteiger partial charge >= 0.3 is 0 Å². The molecule has 0 aliphatic rings. The maximum atomic E-state index is 12.3. The first-order valence-corrected chi connectivity index (χ1v) is 9.66. The molecule has 0 atom stereocenters. The van der Waals surface area contributed by atoms with Gasteiger partial charge in [-0.2, -0.15) is 0 Å². The largest absolute Gasteiger partial charge is 0.493 e. The van der Waals surface area contributed by atoms with Crippen LogP contribution in [0.4, 0.5) is 5.82 Å². The molecule has 1 aromatic heterocycles. The Kier molecular flexibility index (Phi) is 6.68. The van der Waals surface area contributed by atoms with Crippen LogP contribution in [0.5, 0.6) is 11.5 Å². The minimum absolute atomic E-state index is 0.0872. The minimum Gasteiger partial charge on any atom is -0.493 e. The number of carbonyl (C=O) groups is 1. The third kappa shape index (κ3) is 4.96. The molecule has 4 N–H and O–H groups in total. The summed E-state index contributed by atoms with van der Waals surface area (Å²) in [6.07, 6.45) is 0. The van der Waals surface area contributed by atoms with E-state index < -0.39 is 0 Å². The number of hydrogen-bond donors (Lipinski definition) is 3. The van der Waals surface area contributed by atoms with Gasteiger partial charge < -0.3 is 25.8 Å². The lowest BCUT2D eigenvalue weighted by atomic mass is 10.1. The number of methoxy groups -OCH3 is 2. The van der Waals surface area contributed by atoms with E-state index >= 15 is 0 Å². The molecule has 8 heteroatoms. The number of hydrogen-bond acceptors (Lipinski definition) is 7. The summed E-state index contributed by atoms with van der Waals surface area (Å²) in [6.45, 7) is 5.44. The first-order valence-electron chi connectivity index (χ1n) is 9.66. The molecule has 0 aliphatic carbocycles. The smallest absolute Gasteiger partial charge is 0.251 e. The number of nitrogens with zero attached hydrogens (tertiary/aromatic N) is 2. The lowest BCUT2D eigenvalue weighted by Crippen LogP contribution is -2.32. The summed E-state index contributed by atoms with van der Waals surface area (Å²) in [7, 11) is 3.14. The summed E-state index contributed by atoms with van der Waals surface area (Å²) >= 11 is 0. The van der Waals surface area contributed by atoms with Crippen LogP contribution in [0.15, 0.2) is 30.3 Å². The number of amides is 1. The molecule has 0 saturated carbocycles. The normalized spacial score (nSPS) is 10.8. The molecular formula is C22H27N5O3. The Hall–Kier alpha value is -3.39. The summed E-state index contributed by atoms with van der Waals surface area (Å²) in [5.41, 5.74) is 9.58. The predicted molar refractivity (Wildman–Crippen MR) is 117 cm³/mol. The number of ether oxygens (including phenoxy) is 2. The molecule has 8 nitrogen and oxygen atoms in total. The van der Waals surface area contributed by atoms with Crippen molar-refractivity contribution in [2.24, 2.45) is 0 Å². The van der Waals surface area contributed by atoms with E-state index in [1.165, 1.54) is 0 Å². The van der Waals surface area contributed by atoms with E-state index in [9.17, 15) is 4.79 Å². The van der Waals surface area contributed by atoms with E-state index in [1.54, 1.807) is 26.4 Å². The fraction of sp³-hybridized carbons (Fsp3) is 0.318. The second kappa shape index (κ2) is 9.41. The van der Waals surface area contributed by atoms with Crippen LogP contribution < -0.4 is 25.8 Å². The number of aromatic nitrogens is 2. The van der Waals surface area contributed by atoms with Gasteiger partial charge in [0.05, 0.1) is 26.3 Å². The molecule has 30 heavy (non-hydrogen) atoms. The molecular weight excluding hydrogens is 382 g/mol. The van der Waals surface area contributed by atoms with Crippen LogP contribution in [-0.4, -0.2) is 43.2 Å². The predicted octanol–water partition coefficient (Wildman–Crippen LogP) is 2.37. The van der Waals surface area contributed by atoms with Crippen molar-refractivity contribution in [3.8, 4) is 11.5 Å². The van der Waals surface area contributed by atoms with Gasteiger partial charge in [0.2, 0.25) is 0 Å². The fourth-order valence-corrected chi connectivity index (χ4v) is 3.28. The van der Waals surface area contributed by atoms with Gasteiger partial charge in [-0.15, -0.1) is 0 Å². The second-order valence-corrected chi connectivity index (χ2v) is 7.06. The van der Waals surface area contributed by atoms with Gasteiger partial charge in [-0.25, -0.2) is 9.97 Å². The van der Waals surface area contributed by atoms with E-state index in [0.29, 0.717) is 59.2 Å². The number of carbonyl (C=O) groups excluding carboxylic acids is 1. The SMILES string of the molecule is COc1cc2nc(CNCCNC(=O)c3cc(C)cc(C)c3)nc(N)c2cc1OC. The van der Waals surface area contributed by atoms with Gasteiger partial charge in [0.1, 0.15) is 11.6 Å². The van der Waals surface area contributed by atoms with Crippen LogP contribution in [-0.2, 0) is 6.54 Å². The zero-order chi connectivity index (χ0) is 21.7. The molecule has 158 valence electrons. The number of aryl methyl sites for hydroxylation is 2. The highest BCUT2D eigenvalue weighted by Crippen LogP contribution is 2.33. The number of anilines is 1. The standard InChI is InChI=1S/C22H27N5O3/c1-13-7-14(2)9-15(8-13)22(28)25-6-5-24-12-20-26-17-11-19(30-4)18(29-3)10-16(17)21(23)27-20/h7-11,24H,5-6,12H2,1-4H3,(H,25,28)(H2,23,26,27). The Morgan fingerprint density at radius 1 is 0.967 bits per heavy atom.